The van der Waals surface area contributed by atoms with Gasteiger partial charge in [0.05, 0.1) is 18.7 Å². The Hall–Kier alpha value is -1.78. The van der Waals surface area contributed by atoms with Gasteiger partial charge in [-0.05, 0) is 49.2 Å². The summed E-state index contributed by atoms with van der Waals surface area (Å²) in [7, 11) is 1.57. The minimum atomic E-state index is -0.166. The van der Waals surface area contributed by atoms with Gasteiger partial charge in [-0.25, -0.2) is 4.39 Å². The van der Waals surface area contributed by atoms with Gasteiger partial charge in [-0.3, -0.25) is 0 Å². The van der Waals surface area contributed by atoms with Crippen molar-refractivity contribution in [2.75, 3.05) is 20.3 Å². The van der Waals surface area contributed by atoms with Gasteiger partial charge in [-0.2, -0.15) is 0 Å². The summed E-state index contributed by atoms with van der Waals surface area (Å²) in [4.78, 5) is 0. The molecule has 0 aromatic heterocycles. The normalized spacial score (nSPS) is 10.6. The average Bonchev–Trinajstić information content (AvgIpc) is 2.53. The van der Waals surface area contributed by atoms with E-state index >= 15 is 0 Å². The van der Waals surface area contributed by atoms with Crippen molar-refractivity contribution in [1.29, 1.82) is 0 Å². The average molecular weight is 338 g/mol. The van der Waals surface area contributed by atoms with Crippen LogP contribution < -0.4 is 14.8 Å². The van der Waals surface area contributed by atoms with E-state index in [2.05, 4.69) is 5.32 Å². The lowest BCUT2D eigenvalue weighted by Gasteiger charge is -2.13. The van der Waals surface area contributed by atoms with E-state index in [-0.39, 0.29) is 5.82 Å². The molecular weight excluding hydrogens is 317 g/mol. The second-order valence-electron chi connectivity index (χ2n) is 5.06. The second-order valence-corrected chi connectivity index (χ2v) is 5.47. The third-order valence-corrected chi connectivity index (χ3v) is 3.71. The number of rotatable bonds is 8. The molecule has 0 saturated carbocycles. The summed E-state index contributed by atoms with van der Waals surface area (Å²) in [6.45, 7) is 3.75. The van der Waals surface area contributed by atoms with Crippen molar-refractivity contribution < 1.29 is 13.9 Å². The van der Waals surface area contributed by atoms with E-state index in [1.165, 1.54) is 6.07 Å². The van der Waals surface area contributed by atoms with E-state index in [0.717, 1.165) is 5.56 Å². The maximum Gasteiger partial charge on any atom is 0.179 e. The Morgan fingerprint density at radius 3 is 2.70 bits per heavy atom. The lowest BCUT2D eigenvalue weighted by Crippen LogP contribution is -2.17. The smallest absolute Gasteiger partial charge is 0.179 e. The van der Waals surface area contributed by atoms with Crippen LogP contribution >= 0.6 is 11.6 Å². The molecule has 0 bridgehead atoms. The summed E-state index contributed by atoms with van der Waals surface area (Å²) >= 11 is 6.22. The molecule has 0 fully saturated rings. The minimum Gasteiger partial charge on any atom is -0.491 e. The van der Waals surface area contributed by atoms with Crippen molar-refractivity contribution >= 4 is 11.6 Å². The highest BCUT2D eigenvalue weighted by molar-refractivity contribution is 6.32. The van der Waals surface area contributed by atoms with Gasteiger partial charge >= 0.3 is 0 Å². The maximum absolute atomic E-state index is 13.5. The number of hydrogen-bond acceptors (Lipinski definition) is 3. The summed E-state index contributed by atoms with van der Waals surface area (Å²) in [5.41, 5.74) is 1.70. The van der Waals surface area contributed by atoms with Crippen molar-refractivity contribution in [3.8, 4) is 11.5 Å². The van der Waals surface area contributed by atoms with E-state index in [4.69, 9.17) is 21.1 Å². The van der Waals surface area contributed by atoms with Crippen LogP contribution in [-0.4, -0.2) is 20.3 Å². The molecule has 0 radical (unpaired) electrons. The van der Waals surface area contributed by atoms with Crippen LogP contribution in [0, 0.1) is 5.82 Å². The molecule has 124 valence electrons. The standard InChI is InChI=1S/C18H21ClFNO2/c1-3-23-17-11-13(10-15(19)18(17)22-2)12-21-9-8-14-6-4-5-7-16(14)20/h4-7,10-11,21H,3,8-9,12H2,1-2H3. The highest BCUT2D eigenvalue weighted by Gasteiger charge is 2.11. The fourth-order valence-electron chi connectivity index (χ4n) is 2.34. The molecule has 3 nitrogen and oxygen atoms in total. The molecule has 0 heterocycles. The lowest BCUT2D eigenvalue weighted by molar-refractivity contribution is 0.310. The summed E-state index contributed by atoms with van der Waals surface area (Å²) in [6.07, 6.45) is 0.634. The van der Waals surface area contributed by atoms with Crippen molar-refractivity contribution in [2.24, 2.45) is 0 Å². The highest BCUT2D eigenvalue weighted by Crippen LogP contribution is 2.36. The third-order valence-electron chi connectivity index (χ3n) is 3.43. The minimum absolute atomic E-state index is 0.166. The molecule has 1 N–H and O–H groups in total. The van der Waals surface area contributed by atoms with E-state index in [1.807, 2.05) is 25.1 Å². The first kappa shape index (κ1) is 17.6. The molecule has 0 spiro atoms. The zero-order valence-corrected chi connectivity index (χ0v) is 14.1. The number of nitrogens with one attached hydrogen (secondary N) is 1. The summed E-state index contributed by atoms with van der Waals surface area (Å²) in [6, 6.07) is 10.6. The SMILES string of the molecule is CCOc1cc(CNCCc2ccccc2F)cc(Cl)c1OC. The molecule has 0 atom stereocenters. The number of benzene rings is 2. The van der Waals surface area contributed by atoms with Crippen LogP contribution in [-0.2, 0) is 13.0 Å². The predicted molar refractivity (Wildman–Crippen MR) is 91.0 cm³/mol. The Labute approximate surface area is 141 Å². The van der Waals surface area contributed by atoms with Crippen LogP contribution in [0.1, 0.15) is 18.1 Å². The lowest BCUT2D eigenvalue weighted by atomic mass is 10.1. The monoisotopic (exact) mass is 337 g/mol. The number of halogens is 2. The van der Waals surface area contributed by atoms with Gasteiger partial charge in [0, 0.05) is 6.54 Å². The van der Waals surface area contributed by atoms with Crippen molar-refractivity contribution in [3.05, 3.63) is 58.4 Å². The van der Waals surface area contributed by atoms with Crippen molar-refractivity contribution in [1.82, 2.24) is 5.32 Å². The fourth-order valence-corrected chi connectivity index (χ4v) is 2.65. The van der Waals surface area contributed by atoms with Crippen molar-refractivity contribution in [3.63, 3.8) is 0 Å². The van der Waals surface area contributed by atoms with Crippen LogP contribution in [0.5, 0.6) is 11.5 Å². The molecule has 2 aromatic rings. The Morgan fingerprint density at radius 1 is 1.22 bits per heavy atom. The van der Waals surface area contributed by atoms with Crippen LogP contribution in [0.4, 0.5) is 4.39 Å². The molecule has 0 saturated heterocycles. The maximum atomic E-state index is 13.5. The third kappa shape index (κ3) is 4.85. The zero-order chi connectivity index (χ0) is 16.7. The predicted octanol–water partition coefficient (Wildman–Crippen LogP) is 4.22. The summed E-state index contributed by atoms with van der Waals surface area (Å²) in [5, 5.41) is 3.81. The Kier molecular flexibility index (Phi) is 6.68. The molecule has 23 heavy (non-hydrogen) atoms. The first-order chi connectivity index (χ1) is 11.2. The van der Waals surface area contributed by atoms with Crippen molar-refractivity contribution in [2.45, 2.75) is 19.9 Å². The zero-order valence-electron chi connectivity index (χ0n) is 13.4. The fraction of sp³-hybridized carbons (Fsp3) is 0.333. The quantitative estimate of drug-likeness (QED) is 0.732. The van der Waals surface area contributed by atoms with E-state index < -0.39 is 0 Å². The molecular formula is C18H21ClFNO2. The van der Waals surface area contributed by atoms with Gasteiger partial charge in [-0.1, -0.05) is 29.8 Å². The van der Waals surface area contributed by atoms with Crippen LogP contribution in [0.3, 0.4) is 0 Å². The van der Waals surface area contributed by atoms with E-state index in [9.17, 15) is 4.39 Å². The van der Waals surface area contributed by atoms with Gasteiger partial charge in [-0.15, -0.1) is 0 Å². The molecule has 2 rings (SSSR count). The molecule has 0 aliphatic heterocycles. The molecule has 2 aromatic carbocycles. The van der Waals surface area contributed by atoms with Crippen LogP contribution in [0.2, 0.25) is 5.02 Å². The van der Waals surface area contributed by atoms with E-state index in [0.29, 0.717) is 48.2 Å². The Morgan fingerprint density at radius 2 is 2.00 bits per heavy atom. The molecule has 0 unspecified atom stereocenters. The number of ether oxygens (including phenoxy) is 2. The molecule has 0 amide bonds. The first-order valence-corrected chi connectivity index (χ1v) is 7.96. The van der Waals surface area contributed by atoms with Crippen LogP contribution in [0.25, 0.3) is 0 Å². The molecule has 0 aliphatic carbocycles. The highest BCUT2D eigenvalue weighted by atomic mass is 35.5. The van der Waals surface area contributed by atoms with Gasteiger partial charge in [0.25, 0.3) is 0 Å². The van der Waals surface area contributed by atoms with Gasteiger partial charge in [0.1, 0.15) is 5.82 Å². The van der Waals surface area contributed by atoms with Gasteiger partial charge in [0.15, 0.2) is 11.5 Å². The summed E-state index contributed by atoms with van der Waals surface area (Å²) < 4.78 is 24.4. The van der Waals surface area contributed by atoms with Gasteiger partial charge < -0.3 is 14.8 Å². The second kappa shape index (κ2) is 8.75. The van der Waals surface area contributed by atoms with Crippen LogP contribution in [0.15, 0.2) is 36.4 Å². The molecule has 5 heteroatoms. The topological polar surface area (TPSA) is 30.5 Å². The first-order valence-electron chi connectivity index (χ1n) is 7.59. The summed E-state index contributed by atoms with van der Waals surface area (Å²) in [5.74, 6) is 1.01. The Balaban J connectivity index is 1.94. The van der Waals surface area contributed by atoms with E-state index in [1.54, 1.807) is 19.2 Å². The largest absolute Gasteiger partial charge is 0.491 e. The Bertz CT molecular complexity index is 649. The number of methoxy groups -OCH3 is 1. The molecule has 0 aliphatic rings. The van der Waals surface area contributed by atoms with Gasteiger partial charge in [0.2, 0.25) is 0 Å². The number of hydrogen-bond donors (Lipinski definition) is 1.